The number of benzene rings is 1. The molecule has 1 heterocycles. The van der Waals surface area contributed by atoms with Gasteiger partial charge in [-0.25, -0.2) is 18.7 Å². The van der Waals surface area contributed by atoms with Crippen LogP contribution in [-0.2, 0) is 0 Å². The van der Waals surface area contributed by atoms with Crippen LogP contribution in [0.4, 0.5) is 14.7 Å². The lowest BCUT2D eigenvalue weighted by Crippen LogP contribution is -2.09. The largest absolute Gasteiger partial charge is 0.348 e. The summed E-state index contributed by atoms with van der Waals surface area (Å²) in [5, 5.41) is 2.96. The Morgan fingerprint density at radius 2 is 1.65 bits per heavy atom. The summed E-state index contributed by atoms with van der Waals surface area (Å²) in [7, 11) is 0. The molecule has 0 radical (unpaired) electrons. The lowest BCUT2D eigenvalue weighted by atomic mass is 10.1. The molecule has 2 rings (SSSR count). The maximum Gasteiger partial charge on any atom is 0.223 e. The molecule has 0 aliphatic carbocycles. The smallest absolute Gasteiger partial charge is 0.223 e. The Balaban J connectivity index is 2.17. The van der Waals surface area contributed by atoms with Crippen molar-refractivity contribution in [2.45, 2.75) is 13.0 Å². The molecule has 0 fully saturated rings. The van der Waals surface area contributed by atoms with Gasteiger partial charge in [-0.3, -0.25) is 0 Å². The first-order valence-electron chi connectivity index (χ1n) is 5.14. The van der Waals surface area contributed by atoms with Gasteiger partial charge in [0.1, 0.15) is 11.6 Å². The zero-order valence-corrected chi connectivity index (χ0v) is 9.19. The fourth-order valence-electron chi connectivity index (χ4n) is 1.48. The van der Waals surface area contributed by atoms with Crippen LogP contribution in [0.25, 0.3) is 0 Å². The van der Waals surface area contributed by atoms with Crippen LogP contribution >= 0.6 is 0 Å². The van der Waals surface area contributed by atoms with Crippen molar-refractivity contribution in [3.05, 3.63) is 53.9 Å². The summed E-state index contributed by atoms with van der Waals surface area (Å²) in [5.74, 6) is -0.769. The average Bonchev–Trinajstić information content (AvgIpc) is 2.29. The fraction of sp³-hybridized carbons (Fsp3) is 0.167. The number of rotatable bonds is 3. The predicted octanol–water partition coefficient (Wildman–Crippen LogP) is 2.93. The first-order chi connectivity index (χ1) is 8.15. The van der Waals surface area contributed by atoms with Gasteiger partial charge in [-0.05, 0) is 30.7 Å². The molecular formula is C12H11F2N3. The van der Waals surface area contributed by atoms with Gasteiger partial charge in [0.15, 0.2) is 0 Å². The Hall–Kier alpha value is -2.04. The van der Waals surface area contributed by atoms with E-state index in [1.807, 2.05) is 0 Å². The van der Waals surface area contributed by atoms with Crippen LogP contribution in [0.5, 0.6) is 0 Å². The van der Waals surface area contributed by atoms with E-state index in [4.69, 9.17) is 0 Å². The van der Waals surface area contributed by atoms with Crippen molar-refractivity contribution in [3.63, 3.8) is 0 Å². The minimum atomic E-state index is -0.595. The summed E-state index contributed by atoms with van der Waals surface area (Å²) in [6, 6.07) is 4.82. The van der Waals surface area contributed by atoms with Gasteiger partial charge in [-0.1, -0.05) is 0 Å². The second kappa shape index (κ2) is 4.86. The first kappa shape index (κ1) is 11.4. The Morgan fingerprint density at radius 1 is 1.06 bits per heavy atom. The highest BCUT2D eigenvalue weighted by atomic mass is 19.1. The third-order valence-electron chi connectivity index (χ3n) is 2.30. The van der Waals surface area contributed by atoms with Crippen molar-refractivity contribution in [3.8, 4) is 0 Å². The van der Waals surface area contributed by atoms with Gasteiger partial charge < -0.3 is 5.32 Å². The number of hydrogen-bond acceptors (Lipinski definition) is 3. The minimum absolute atomic E-state index is 0.275. The quantitative estimate of drug-likeness (QED) is 0.888. The van der Waals surface area contributed by atoms with E-state index in [1.54, 1.807) is 25.4 Å². The highest BCUT2D eigenvalue weighted by Gasteiger charge is 2.09. The number of nitrogens with one attached hydrogen (secondary N) is 1. The van der Waals surface area contributed by atoms with E-state index in [9.17, 15) is 8.78 Å². The standard InChI is InChI=1S/C12H11F2N3/c1-8(17-12-15-3-2-4-16-12)9-5-10(13)7-11(14)6-9/h2-8H,1H3,(H,15,16,17)/t8-/m1/s1. The number of hydrogen-bond donors (Lipinski definition) is 1. The van der Waals surface area contributed by atoms with Crippen LogP contribution in [0.2, 0.25) is 0 Å². The molecule has 1 aromatic carbocycles. The molecule has 0 aliphatic heterocycles. The predicted molar refractivity (Wildman–Crippen MR) is 60.4 cm³/mol. The molecule has 0 aliphatic rings. The summed E-state index contributed by atoms with van der Waals surface area (Å²) < 4.78 is 26.1. The number of aromatic nitrogens is 2. The Morgan fingerprint density at radius 3 is 2.24 bits per heavy atom. The molecular weight excluding hydrogens is 224 g/mol. The molecule has 1 aromatic heterocycles. The molecule has 0 bridgehead atoms. The first-order valence-corrected chi connectivity index (χ1v) is 5.14. The van der Waals surface area contributed by atoms with Gasteiger partial charge in [0.2, 0.25) is 5.95 Å². The van der Waals surface area contributed by atoms with Crippen LogP contribution in [-0.4, -0.2) is 9.97 Å². The zero-order valence-electron chi connectivity index (χ0n) is 9.19. The van der Waals surface area contributed by atoms with E-state index in [0.717, 1.165) is 6.07 Å². The van der Waals surface area contributed by atoms with Crippen LogP contribution in [0, 0.1) is 11.6 Å². The topological polar surface area (TPSA) is 37.8 Å². The van der Waals surface area contributed by atoms with Gasteiger partial charge in [0, 0.05) is 18.5 Å². The molecule has 3 nitrogen and oxygen atoms in total. The third-order valence-corrected chi connectivity index (χ3v) is 2.30. The van der Waals surface area contributed by atoms with Crippen molar-refractivity contribution in [1.29, 1.82) is 0 Å². The normalized spacial score (nSPS) is 12.2. The zero-order chi connectivity index (χ0) is 12.3. The highest BCUT2D eigenvalue weighted by molar-refractivity contribution is 5.31. The second-order valence-electron chi connectivity index (χ2n) is 3.64. The number of nitrogens with zero attached hydrogens (tertiary/aromatic N) is 2. The third kappa shape index (κ3) is 2.96. The summed E-state index contributed by atoms with van der Waals surface area (Å²) >= 11 is 0. The van der Waals surface area contributed by atoms with E-state index < -0.39 is 11.6 Å². The lowest BCUT2D eigenvalue weighted by Gasteiger charge is -2.14. The molecule has 0 unspecified atom stereocenters. The molecule has 1 atom stereocenters. The summed E-state index contributed by atoms with van der Waals surface area (Å²) in [6.45, 7) is 1.78. The van der Waals surface area contributed by atoms with Crippen molar-refractivity contribution in [1.82, 2.24) is 9.97 Å². The molecule has 17 heavy (non-hydrogen) atoms. The molecule has 0 spiro atoms. The maximum atomic E-state index is 13.0. The van der Waals surface area contributed by atoms with Gasteiger partial charge >= 0.3 is 0 Å². The second-order valence-corrected chi connectivity index (χ2v) is 3.64. The summed E-state index contributed by atoms with van der Waals surface area (Å²) in [6.07, 6.45) is 3.18. The molecule has 88 valence electrons. The van der Waals surface area contributed by atoms with Crippen LogP contribution < -0.4 is 5.32 Å². The van der Waals surface area contributed by atoms with Gasteiger partial charge in [0.25, 0.3) is 0 Å². The Kier molecular flexibility index (Phi) is 3.27. The van der Waals surface area contributed by atoms with Crippen LogP contribution in [0.1, 0.15) is 18.5 Å². The van der Waals surface area contributed by atoms with Crippen molar-refractivity contribution < 1.29 is 8.78 Å². The van der Waals surface area contributed by atoms with Crippen LogP contribution in [0.15, 0.2) is 36.7 Å². The van der Waals surface area contributed by atoms with Gasteiger partial charge in [0.05, 0.1) is 6.04 Å². The van der Waals surface area contributed by atoms with E-state index in [1.165, 1.54) is 12.1 Å². The fourth-order valence-corrected chi connectivity index (χ4v) is 1.48. The van der Waals surface area contributed by atoms with E-state index in [0.29, 0.717) is 11.5 Å². The average molecular weight is 235 g/mol. The Bertz CT molecular complexity index is 482. The molecule has 5 heteroatoms. The summed E-state index contributed by atoms with van der Waals surface area (Å²) in [5.41, 5.74) is 0.509. The van der Waals surface area contributed by atoms with Crippen LogP contribution in [0.3, 0.4) is 0 Å². The van der Waals surface area contributed by atoms with Gasteiger partial charge in [-0.15, -0.1) is 0 Å². The summed E-state index contributed by atoms with van der Waals surface area (Å²) in [4.78, 5) is 7.96. The molecule has 0 amide bonds. The van der Waals surface area contributed by atoms with E-state index in [2.05, 4.69) is 15.3 Å². The molecule has 2 aromatic rings. The number of anilines is 1. The van der Waals surface area contributed by atoms with Crippen molar-refractivity contribution in [2.75, 3.05) is 5.32 Å². The molecule has 0 saturated heterocycles. The monoisotopic (exact) mass is 235 g/mol. The van der Waals surface area contributed by atoms with Gasteiger partial charge in [-0.2, -0.15) is 0 Å². The van der Waals surface area contributed by atoms with Crippen molar-refractivity contribution in [2.24, 2.45) is 0 Å². The SMILES string of the molecule is C[C@@H](Nc1ncccn1)c1cc(F)cc(F)c1. The van der Waals surface area contributed by atoms with Crippen molar-refractivity contribution >= 4 is 5.95 Å². The molecule has 1 N–H and O–H groups in total. The Labute approximate surface area is 97.5 Å². The maximum absolute atomic E-state index is 13.0. The lowest BCUT2D eigenvalue weighted by molar-refractivity contribution is 0.577. The van der Waals surface area contributed by atoms with E-state index >= 15 is 0 Å². The molecule has 0 saturated carbocycles. The minimum Gasteiger partial charge on any atom is -0.348 e. The highest BCUT2D eigenvalue weighted by Crippen LogP contribution is 2.18. The van der Waals surface area contributed by atoms with E-state index in [-0.39, 0.29) is 6.04 Å². The number of halogens is 2.